The fraction of sp³-hybridized carbons (Fsp3) is 0.348. The fourth-order valence-corrected chi connectivity index (χ4v) is 3.25. The summed E-state index contributed by atoms with van der Waals surface area (Å²) in [5.74, 6) is -4.15. The molecule has 0 bridgehead atoms. The number of unbranched alkanes of at least 4 members (excludes halogenated alkanes) is 1. The summed E-state index contributed by atoms with van der Waals surface area (Å²) in [6.07, 6.45) is -2.23. The van der Waals surface area contributed by atoms with E-state index in [9.17, 15) is 27.2 Å². The van der Waals surface area contributed by atoms with Gasteiger partial charge in [-0.1, -0.05) is 23.4 Å². The maximum Gasteiger partial charge on any atom is 0.491 e. The molecule has 0 fully saturated rings. The van der Waals surface area contributed by atoms with Crippen LogP contribution in [0.4, 0.5) is 23.4 Å². The first-order chi connectivity index (χ1) is 16.7. The summed E-state index contributed by atoms with van der Waals surface area (Å²) in [6.45, 7) is 0.697. The van der Waals surface area contributed by atoms with E-state index in [1.54, 1.807) is 6.20 Å². The third kappa shape index (κ3) is 8.47. The van der Waals surface area contributed by atoms with Crippen molar-refractivity contribution in [2.45, 2.75) is 44.2 Å². The summed E-state index contributed by atoms with van der Waals surface area (Å²) in [5, 5.41) is 7.07. The Morgan fingerprint density at radius 1 is 1.11 bits per heavy atom. The summed E-state index contributed by atoms with van der Waals surface area (Å²) in [4.78, 5) is 31.3. The van der Waals surface area contributed by atoms with E-state index in [-0.39, 0.29) is 12.3 Å². The van der Waals surface area contributed by atoms with Crippen LogP contribution in [0.25, 0.3) is 0 Å². The Bertz CT molecular complexity index is 1120. The standard InChI is InChI=1S/C23H22F4N4O4/c24-17-7-5-6-15(12-17)16(14-21(32)34-22(33)23(25,26)27)13-20-30-19(31-35-20)9-2-4-11-29-18-8-1-3-10-28-18/h1,3,5-8,10,12,16H,2,4,9,11,13-14H2,(H,28,29). The van der Waals surface area contributed by atoms with Crippen LogP contribution in [-0.2, 0) is 27.2 Å². The molecule has 0 saturated heterocycles. The number of hydrogen-bond acceptors (Lipinski definition) is 8. The topological polar surface area (TPSA) is 107 Å². The Hall–Kier alpha value is -3.83. The van der Waals surface area contributed by atoms with Crippen LogP contribution >= 0.6 is 0 Å². The van der Waals surface area contributed by atoms with Crippen molar-refractivity contribution in [3.05, 3.63) is 71.8 Å². The van der Waals surface area contributed by atoms with Crippen molar-refractivity contribution in [2.75, 3.05) is 11.9 Å². The van der Waals surface area contributed by atoms with Crippen LogP contribution in [0.15, 0.2) is 53.2 Å². The van der Waals surface area contributed by atoms with E-state index in [1.165, 1.54) is 18.2 Å². The Morgan fingerprint density at radius 3 is 2.66 bits per heavy atom. The lowest BCUT2D eigenvalue weighted by atomic mass is 9.92. The van der Waals surface area contributed by atoms with E-state index in [1.807, 2.05) is 18.2 Å². The number of benzene rings is 1. The lowest BCUT2D eigenvalue weighted by molar-refractivity contribution is -0.202. The second kappa shape index (κ2) is 12.0. The summed E-state index contributed by atoms with van der Waals surface area (Å²) in [6, 6.07) is 10.8. The monoisotopic (exact) mass is 494 g/mol. The molecule has 1 unspecified atom stereocenters. The van der Waals surface area contributed by atoms with Gasteiger partial charge in [0.05, 0.1) is 6.42 Å². The van der Waals surface area contributed by atoms with Gasteiger partial charge in [-0.2, -0.15) is 18.2 Å². The molecule has 35 heavy (non-hydrogen) atoms. The van der Waals surface area contributed by atoms with Crippen LogP contribution < -0.4 is 5.32 Å². The van der Waals surface area contributed by atoms with Crippen molar-refractivity contribution in [3.8, 4) is 0 Å². The third-order valence-electron chi connectivity index (χ3n) is 4.90. The van der Waals surface area contributed by atoms with Crippen LogP contribution in [0.5, 0.6) is 0 Å². The normalized spacial score (nSPS) is 12.2. The average Bonchev–Trinajstić information content (AvgIpc) is 3.25. The number of nitrogens with zero attached hydrogens (tertiary/aromatic N) is 3. The van der Waals surface area contributed by atoms with E-state index < -0.39 is 36.3 Å². The van der Waals surface area contributed by atoms with Gasteiger partial charge in [0.15, 0.2) is 5.82 Å². The number of halogens is 4. The molecule has 0 radical (unpaired) electrons. The van der Waals surface area contributed by atoms with Crippen molar-refractivity contribution in [1.29, 1.82) is 0 Å². The second-order valence-electron chi connectivity index (χ2n) is 7.62. The molecule has 0 spiro atoms. The first-order valence-electron chi connectivity index (χ1n) is 10.7. The summed E-state index contributed by atoms with van der Waals surface area (Å²) >= 11 is 0. The highest BCUT2D eigenvalue weighted by Gasteiger charge is 2.42. The number of carbonyl (C=O) groups excluding carboxylic acids is 2. The maximum atomic E-state index is 13.7. The molecule has 1 N–H and O–H groups in total. The number of alkyl halides is 3. The number of aromatic nitrogens is 3. The first-order valence-corrected chi connectivity index (χ1v) is 10.7. The van der Waals surface area contributed by atoms with Gasteiger partial charge in [0, 0.05) is 31.5 Å². The highest BCUT2D eigenvalue weighted by Crippen LogP contribution is 2.26. The smallest absolute Gasteiger partial charge is 0.386 e. The molecule has 2 aromatic heterocycles. The molecule has 3 aromatic rings. The van der Waals surface area contributed by atoms with Gasteiger partial charge in [-0.25, -0.2) is 14.2 Å². The van der Waals surface area contributed by atoms with Crippen molar-refractivity contribution < 1.29 is 36.4 Å². The number of rotatable bonds is 11. The Kier molecular flexibility index (Phi) is 8.87. The lowest BCUT2D eigenvalue weighted by Crippen LogP contribution is -2.28. The molecule has 1 aromatic carbocycles. The van der Waals surface area contributed by atoms with Gasteiger partial charge < -0.3 is 14.6 Å². The molecule has 0 aliphatic carbocycles. The molecule has 0 aliphatic rings. The zero-order valence-electron chi connectivity index (χ0n) is 18.4. The summed E-state index contributed by atoms with van der Waals surface area (Å²) in [7, 11) is 0. The summed E-state index contributed by atoms with van der Waals surface area (Å²) in [5.41, 5.74) is 0.307. The third-order valence-corrected chi connectivity index (χ3v) is 4.90. The Morgan fingerprint density at radius 2 is 1.94 bits per heavy atom. The van der Waals surface area contributed by atoms with Gasteiger partial charge in [0.25, 0.3) is 0 Å². The zero-order chi connectivity index (χ0) is 25.3. The van der Waals surface area contributed by atoms with Crippen LogP contribution in [0, 0.1) is 5.82 Å². The van der Waals surface area contributed by atoms with E-state index >= 15 is 0 Å². The summed E-state index contributed by atoms with van der Waals surface area (Å²) < 4.78 is 60.0. The number of nitrogens with one attached hydrogen (secondary N) is 1. The van der Waals surface area contributed by atoms with E-state index in [2.05, 4.69) is 25.2 Å². The van der Waals surface area contributed by atoms with Gasteiger partial charge >= 0.3 is 18.1 Å². The van der Waals surface area contributed by atoms with Gasteiger partial charge in [-0.3, -0.25) is 4.79 Å². The number of hydrogen-bond donors (Lipinski definition) is 1. The molecule has 2 heterocycles. The minimum Gasteiger partial charge on any atom is -0.386 e. The van der Waals surface area contributed by atoms with Gasteiger partial charge in [-0.05, 0) is 42.7 Å². The molecule has 8 nitrogen and oxygen atoms in total. The number of esters is 2. The largest absolute Gasteiger partial charge is 0.491 e. The van der Waals surface area contributed by atoms with Crippen LogP contribution in [0.3, 0.4) is 0 Å². The van der Waals surface area contributed by atoms with Crippen LogP contribution in [0.2, 0.25) is 0 Å². The Labute approximate surface area is 197 Å². The molecule has 3 rings (SSSR count). The highest BCUT2D eigenvalue weighted by atomic mass is 19.4. The molecule has 0 amide bonds. The van der Waals surface area contributed by atoms with Crippen LogP contribution in [0.1, 0.15) is 42.5 Å². The van der Waals surface area contributed by atoms with Crippen LogP contribution in [-0.4, -0.2) is 39.8 Å². The van der Waals surface area contributed by atoms with Gasteiger partial charge in [0.2, 0.25) is 5.89 Å². The van der Waals surface area contributed by atoms with Crippen molar-refractivity contribution in [1.82, 2.24) is 15.1 Å². The van der Waals surface area contributed by atoms with Crippen molar-refractivity contribution >= 4 is 17.8 Å². The molecular formula is C23H22F4N4O4. The number of aryl methyl sites for hydroxylation is 1. The highest BCUT2D eigenvalue weighted by molar-refractivity contribution is 5.88. The zero-order valence-corrected chi connectivity index (χ0v) is 18.4. The molecule has 1 atom stereocenters. The molecule has 0 aliphatic heterocycles. The predicted molar refractivity (Wildman–Crippen MR) is 115 cm³/mol. The number of pyridine rings is 1. The Balaban J connectivity index is 1.56. The molecule has 0 saturated carbocycles. The number of ether oxygens (including phenoxy) is 1. The molecular weight excluding hydrogens is 472 g/mol. The quantitative estimate of drug-likeness (QED) is 0.181. The van der Waals surface area contributed by atoms with Gasteiger partial charge in [-0.15, -0.1) is 0 Å². The average molecular weight is 494 g/mol. The second-order valence-corrected chi connectivity index (χ2v) is 7.62. The van der Waals surface area contributed by atoms with E-state index in [0.717, 1.165) is 24.7 Å². The minimum absolute atomic E-state index is 0.0625. The van der Waals surface area contributed by atoms with Crippen molar-refractivity contribution in [2.24, 2.45) is 0 Å². The first kappa shape index (κ1) is 25.8. The number of anilines is 1. The van der Waals surface area contributed by atoms with Crippen molar-refractivity contribution in [3.63, 3.8) is 0 Å². The van der Waals surface area contributed by atoms with Gasteiger partial charge in [0.1, 0.15) is 11.6 Å². The molecule has 186 valence electrons. The van der Waals surface area contributed by atoms with E-state index in [4.69, 9.17) is 4.52 Å². The molecule has 12 heteroatoms. The maximum absolute atomic E-state index is 13.7. The lowest BCUT2D eigenvalue weighted by Gasteiger charge is -2.15. The predicted octanol–water partition coefficient (Wildman–Crippen LogP) is 4.39. The van der Waals surface area contributed by atoms with E-state index in [0.29, 0.717) is 24.4 Å². The number of carbonyl (C=O) groups is 2. The SMILES string of the molecule is O=C(CC(Cc1nc(CCCCNc2ccccn2)no1)c1cccc(F)c1)OC(=O)C(F)(F)F. The minimum atomic E-state index is -5.31. The fourth-order valence-electron chi connectivity index (χ4n) is 3.25.